The number of hydrazone groups is 1. The zero-order valence-electron chi connectivity index (χ0n) is 13.1. The lowest BCUT2D eigenvalue weighted by atomic mass is 10.2. The van der Waals surface area contributed by atoms with Gasteiger partial charge < -0.3 is 10.0 Å². The summed E-state index contributed by atoms with van der Waals surface area (Å²) in [5.41, 5.74) is 4.69. The number of aromatic hydroxyl groups is 1. The maximum absolute atomic E-state index is 12.1. The summed E-state index contributed by atoms with van der Waals surface area (Å²) in [5.74, 6) is -0.181. The van der Waals surface area contributed by atoms with E-state index < -0.39 is 0 Å². The van der Waals surface area contributed by atoms with Gasteiger partial charge in [0.15, 0.2) is 0 Å². The van der Waals surface area contributed by atoms with Crippen LogP contribution in [-0.4, -0.2) is 30.3 Å². The van der Waals surface area contributed by atoms with E-state index in [1.54, 1.807) is 30.3 Å². The van der Waals surface area contributed by atoms with E-state index in [9.17, 15) is 9.90 Å². The molecule has 0 unspecified atom stereocenters. The van der Waals surface area contributed by atoms with Crippen LogP contribution in [0.4, 0.5) is 5.69 Å². The van der Waals surface area contributed by atoms with Gasteiger partial charge in [0.2, 0.25) is 0 Å². The van der Waals surface area contributed by atoms with Gasteiger partial charge in [-0.1, -0.05) is 15.9 Å². The molecule has 0 aliphatic carbocycles. The lowest BCUT2D eigenvalue weighted by Gasteiger charge is -2.17. The number of phenols is 1. The highest BCUT2D eigenvalue weighted by atomic mass is 79.9. The van der Waals surface area contributed by atoms with Crippen molar-refractivity contribution >= 4 is 33.7 Å². The second-order valence-corrected chi connectivity index (χ2v) is 6.56. The molecule has 3 rings (SSSR count). The van der Waals surface area contributed by atoms with Gasteiger partial charge in [0.25, 0.3) is 5.91 Å². The highest BCUT2D eigenvalue weighted by Crippen LogP contribution is 2.21. The molecule has 5 nitrogen and oxygen atoms in total. The van der Waals surface area contributed by atoms with E-state index in [1.807, 2.05) is 12.1 Å². The average Bonchev–Trinajstić information content (AvgIpc) is 3.12. The van der Waals surface area contributed by atoms with Crippen molar-refractivity contribution in [1.29, 1.82) is 0 Å². The smallest absolute Gasteiger partial charge is 0.271 e. The zero-order valence-corrected chi connectivity index (χ0v) is 14.7. The minimum atomic E-state index is -0.284. The minimum absolute atomic E-state index is 0.103. The van der Waals surface area contributed by atoms with Crippen molar-refractivity contribution in [2.75, 3.05) is 18.0 Å². The van der Waals surface area contributed by atoms with E-state index in [0.29, 0.717) is 11.1 Å². The highest BCUT2D eigenvalue weighted by Gasteiger charge is 2.12. The number of phenolic OH excluding ortho intramolecular Hbond substituents is 1. The third-order valence-corrected chi connectivity index (χ3v) is 4.45. The maximum Gasteiger partial charge on any atom is 0.271 e. The quantitative estimate of drug-likeness (QED) is 0.622. The number of anilines is 1. The second kappa shape index (κ2) is 7.49. The first kappa shape index (κ1) is 16.5. The van der Waals surface area contributed by atoms with Crippen molar-refractivity contribution in [3.8, 4) is 5.75 Å². The molecular formula is C18H18BrN3O2. The van der Waals surface area contributed by atoms with Gasteiger partial charge in [-0.2, -0.15) is 5.10 Å². The Morgan fingerprint density at radius 3 is 2.58 bits per heavy atom. The van der Waals surface area contributed by atoms with Gasteiger partial charge in [-0.05, 0) is 55.3 Å². The minimum Gasteiger partial charge on any atom is -0.507 e. The van der Waals surface area contributed by atoms with Crippen LogP contribution in [0.5, 0.6) is 5.75 Å². The Morgan fingerprint density at radius 1 is 1.17 bits per heavy atom. The fourth-order valence-corrected chi connectivity index (χ4v) is 3.03. The number of halogens is 1. The van der Waals surface area contributed by atoms with Crippen molar-refractivity contribution in [2.24, 2.45) is 5.10 Å². The Morgan fingerprint density at radius 2 is 1.88 bits per heavy atom. The number of amides is 1. The SMILES string of the molecule is O=C(N/N=C/c1cc(Br)ccc1O)c1ccc(N2CCCC2)cc1. The summed E-state index contributed by atoms with van der Waals surface area (Å²) in [7, 11) is 0. The van der Waals surface area contributed by atoms with Gasteiger partial charge >= 0.3 is 0 Å². The average molecular weight is 388 g/mol. The number of hydrogen-bond acceptors (Lipinski definition) is 4. The third kappa shape index (κ3) is 3.94. The standard InChI is InChI=1S/C18H18BrN3O2/c19-15-5-8-17(23)14(11-15)12-20-21-18(24)13-3-6-16(7-4-13)22-9-1-2-10-22/h3-8,11-12,23H,1-2,9-10H2,(H,21,24)/b20-12+. The summed E-state index contributed by atoms with van der Waals surface area (Å²) < 4.78 is 0.825. The van der Waals surface area contributed by atoms with E-state index in [1.165, 1.54) is 19.1 Å². The van der Waals surface area contributed by atoms with E-state index >= 15 is 0 Å². The van der Waals surface area contributed by atoms with Crippen LogP contribution in [0.25, 0.3) is 0 Å². The number of carbonyl (C=O) groups is 1. The van der Waals surface area contributed by atoms with Crippen LogP contribution in [0, 0.1) is 0 Å². The van der Waals surface area contributed by atoms with E-state index in [-0.39, 0.29) is 11.7 Å². The predicted octanol–water partition coefficient (Wildman–Crippen LogP) is 3.52. The molecule has 1 aliphatic rings. The van der Waals surface area contributed by atoms with Crippen molar-refractivity contribution in [2.45, 2.75) is 12.8 Å². The molecule has 1 fully saturated rings. The van der Waals surface area contributed by atoms with Gasteiger partial charge in [-0.3, -0.25) is 4.79 Å². The maximum atomic E-state index is 12.1. The van der Waals surface area contributed by atoms with Crippen molar-refractivity contribution in [3.63, 3.8) is 0 Å². The molecular weight excluding hydrogens is 370 g/mol. The van der Waals surface area contributed by atoms with Crippen LogP contribution in [0.2, 0.25) is 0 Å². The Balaban J connectivity index is 1.62. The van der Waals surface area contributed by atoms with Crippen molar-refractivity contribution in [3.05, 3.63) is 58.1 Å². The number of rotatable bonds is 4. The summed E-state index contributed by atoms with van der Waals surface area (Å²) in [5, 5.41) is 13.6. The molecule has 1 saturated heterocycles. The lowest BCUT2D eigenvalue weighted by molar-refractivity contribution is 0.0955. The Kier molecular flexibility index (Phi) is 5.15. The molecule has 0 spiro atoms. The largest absolute Gasteiger partial charge is 0.507 e. The summed E-state index contributed by atoms with van der Waals surface area (Å²) in [6, 6.07) is 12.5. The molecule has 24 heavy (non-hydrogen) atoms. The number of nitrogens with zero attached hydrogens (tertiary/aromatic N) is 2. The van der Waals surface area contributed by atoms with Crippen molar-refractivity contribution in [1.82, 2.24) is 5.43 Å². The molecule has 6 heteroatoms. The topological polar surface area (TPSA) is 64.9 Å². The summed E-state index contributed by atoms with van der Waals surface area (Å²) >= 11 is 3.32. The molecule has 124 valence electrons. The first-order valence-corrected chi connectivity index (χ1v) is 8.60. The molecule has 1 amide bonds. The van der Waals surface area contributed by atoms with Crippen LogP contribution >= 0.6 is 15.9 Å². The first-order chi connectivity index (χ1) is 11.6. The molecule has 0 saturated carbocycles. The third-order valence-electron chi connectivity index (χ3n) is 3.96. The Hall–Kier alpha value is -2.34. The van der Waals surface area contributed by atoms with Crippen molar-refractivity contribution < 1.29 is 9.90 Å². The fraction of sp³-hybridized carbons (Fsp3) is 0.222. The number of hydrogen-bond donors (Lipinski definition) is 2. The molecule has 2 aromatic carbocycles. The van der Waals surface area contributed by atoms with E-state index in [2.05, 4.69) is 31.4 Å². The summed E-state index contributed by atoms with van der Waals surface area (Å²) in [4.78, 5) is 14.4. The molecule has 0 bridgehead atoms. The van der Waals surface area contributed by atoms with Crippen LogP contribution in [0.3, 0.4) is 0 Å². The molecule has 2 aromatic rings. The molecule has 0 radical (unpaired) electrons. The van der Waals surface area contributed by atoms with Gasteiger partial charge in [0, 0.05) is 34.4 Å². The van der Waals surface area contributed by atoms with Crippen LogP contribution in [0.15, 0.2) is 52.0 Å². The molecule has 1 heterocycles. The highest BCUT2D eigenvalue weighted by molar-refractivity contribution is 9.10. The van der Waals surface area contributed by atoms with Crippen LogP contribution in [0.1, 0.15) is 28.8 Å². The van der Waals surface area contributed by atoms with Crippen LogP contribution in [-0.2, 0) is 0 Å². The zero-order chi connectivity index (χ0) is 16.9. The monoisotopic (exact) mass is 387 g/mol. The Labute approximate surface area is 149 Å². The van der Waals surface area contributed by atoms with Gasteiger partial charge in [-0.25, -0.2) is 5.43 Å². The van der Waals surface area contributed by atoms with E-state index in [0.717, 1.165) is 23.2 Å². The van der Waals surface area contributed by atoms with Gasteiger partial charge in [0.1, 0.15) is 5.75 Å². The lowest BCUT2D eigenvalue weighted by Crippen LogP contribution is -2.19. The van der Waals surface area contributed by atoms with Gasteiger partial charge in [0.05, 0.1) is 6.21 Å². The van der Waals surface area contributed by atoms with E-state index in [4.69, 9.17) is 0 Å². The predicted molar refractivity (Wildman–Crippen MR) is 98.8 cm³/mol. The molecule has 1 aliphatic heterocycles. The molecule has 2 N–H and O–H groups in total. The van der Waals surface area contributed by atoms with Crippen LogP contribution < -0.4 is 10.3 Å². The summed E-state index contributed by atoms with van der Waals surface area (Å²) in [6.45, 7) is 2.15. The number of nitrogens with one attached hydrogen (secondary N) is 1. The van der Waals surface area contributed by atoms with Gasteiger partial charge in [-0.15, -0.1) is 0 Å². The normalized spacial score (nSPS) is 14.3. The Bertz CT molecular complexity index is 753. The summed E-state index contributed by atoms with van der Waals surface area (Å²) in [6.07, 6.45) is 3.86. The number of carbonyl (C=O) groups excluding carboxylic acids is 1. The second-order valence-electron chi connectivity index (χ2n) is 5.64. The molecule has 0 atom stereocenters. The first-order valence-electron chi connectivity index (χ1n) is 7.80. The number of benzene rings is 2. The fourth-order valence-electron chi connectivity index (χ4n) is 2.65. The molecule has 0 aromatic heterocycles.